The second-order valence-corrected chi connectivity index (χ2v) is 2.52. The molecule has 0 aliphatic rings. The van der Waals surface area contributed by atoms with E-state index in [1.165, 1.54) is 14.0 Å². The molecule has 1 atom stereocenters. The molecule has 0 aromatic rings. The Morgan fingerprint density at radius 2 is 1.45 bits per heavy atom. The fourth-order valence-electron chi connectivity index (χ4n) is 0.284. The van der Waals surface area contributed by atoms with E-state index in [0.717, 1.165) is 6.26 Å². The Morgan fingerprint density at radius 1 is 1.15 bits per heavy atom. The molecule has 0 rings (SSSR count). The van der Waals surface area contributed by atoms with Gasteiger partial charge in [-0.2, -0.15) is 0 Å². The van der Waals surface area contributed by atoms with Gasteiger partial charge in [0.1, 0.15) is 0 Å². The number of ether oxygens (including phenoxy) is 2. The molecule has 0 fully saturated rings. The number of carbonyl (C=O) groups is 1. The number of carboxylic acid groups (broad SMARTS) is 1. The fourth-order valence-corrected chi connectivity index (χ4v) is 0.284. The zero-order valence-corrected chi connectivity index (χ0v) is 12.0. The predicted octanol–water partition coefficient (Wildman–Crippen LogP) is 1.55. The van der Waals surface area contributed by atoms with Crippen molar-refractivity contribution < 1.29 is 34.7 Å². The van der Waals surface area contributed by atoms with Crippen LogP contribution in [0.25, 0.3) is 0 Å². The van der Waals surface area contributed by atoms with Gasteiger partial charge in [-0.25, -0.2) is 20.1 Å². The molecule has 7 nitrogen and oxygen atoms in total. The number of hydrogen-bond acceptors (Lipinski definition) is 3. The van der Waals surface area contributed by atoms with Crippen molar-refractivity contribution in [1.82, 2.24) is 0 Å². The fraction of sp³-hybridized carbons (Fsp3) is 0.462. The van der Waals surface area contributed by atoms with Crippen molar-refractivity contribution in [2.24, 2.45) is 0 Å². The van der Waals surface area contributed by atoms with Gasteiger partial charge in [0.05, 0.1) is 31.7 Å². The van der Waals surface area contributed by atoms with E-state index >= 15 is 0 Å². The molecule has 0 saturated heterocycles. The van der Waals surface area contributed by atoms with Crippen LogP contribution in [0, 0.1) is 27.7 Å². The molecule has 0 heterocycles. The second kappa shape index (κ2) is 26.4. The molecule has 7 radical (unpaired) electrons. The SMILES string of the molecule is [CH2]C(OC)OC=C(C)C(=O)O.[CH2]C[O].[CH2]C[O].[CH2]C[O]. The van der Waals surface area contributed by atoms with E-state index in [4.69, 9.17) is 25.2 Å². The summed E-state index contributed by atoms with van der Waals surface area (Å²) in [5.41, 5.74) is 0.107. The molecule has 0 aliphatic heterocycles. The normalized spacial score (nSPS) is 10.6. The van der Waals surface area contributed by atoms with Crippen LogP contribution < -0.4 is 0 Å². The van der Waals surface area contributed by atoms with Crippen molar-refractivity contribution in [2.75, 3.05) is 26.9 Å². The van der Waals surface area contributed by atoms with Crippen LogP contribution >= 0.6 is 0 Å². The quantitative estimate of drug-likeness (QED) is 0.480. The third-order valence-corrected chi connectivity index (χ3v) is 0.997. The van der Waals surface area contributed by atoms with E-state index in [1.807, 2.05) is 0 Å². The van der Waals surface area contributed by atoms with Crippen molar-refractivity contribution in [3.63, 3.8) is 0 Å². The van der Waals surface area contributed by atoms with Crippen LogP contribution in [-0.4, -0.2) is 44.3 Å². The number of hydrogen-bond donors (Lipinski definition) is 1. The van der Waals surface area contributed by atoms with Crippen LogP contribution in [0.5, 0.6) is 0 Å². The Hall–Kier alpha value is -1.15. The molecule has 0 aromatic heterocycles. The lowest BCUT2D eigenvalue weighted by Crippen LogP contribution is -2.08. The first-order valence-corrected chi connectivity index (χ1v) is 5.36. The summed E-state index contributed by atoms with van der Waals surface area (Å²) >= 11 is 0. The molecule has 0 spiro atoms. The first-order valence-electron chi connectivity index (χ1n) is 5.36. The highest BCUT2D eigenvalue weighted by Gasteiger charge is 2.01. The Morgan fingerprint density at radius 3 is 1.65 bits per heavy atom. The topological polar surface area (TPSA) is 115 Å². The van der Waals surface area contributed by atoms with Gasteiger partial charge in [-0.1, -0.05) is 0 Å². The van der Waals surface area contributed by atoms with Gasteiger partial charge in [-0.3, -0.25) is 0 Å². The highest BCUT2D eigenvalue weighted by molar-refractivity contribution is 5.85. The molecule has 0 amide bonds. The van der Waals surface area contributed by atoms with Gasteiger partial charge in [0.25, 0.3) is 0 Å². The first-order chi connectivity index (χ1) is 9.32. The van der Waals surface area contributed by atoms with Crippen LogP contribution in [0.15, 0.2) is 11.8 Å². The molecule has 7 heteroatoms. The minimum atomic E-state index is -1.02. The Labute approximate surface area is 121 Å². The molecule has 0 saturated carbocycles. The van der Waals surface area contributed by atoms with Gasteiger partial charge in [0.2, 0.25) is 0 Å². The summed E-state index contributed by atoms with van der Waals surface area (Å²) in [5, 5.41) is 34.8. The maximum Gasteiger partial charge on any atom is 0.334 e. The smallest absolute Gasteiger partial charge is 0.334 e. The van der Waals surface area contributed by atoms with Crippen LogP contribution in [0.3, 0.4) is 0 Å². The molecule has 20 heavy (non-hydrogen) atoms. The van der Waals surface area contributed by atoms with Crippen LogP contribution in [0.1, 0.15) is 6.92 Å². The minimum absolute atomic E-state index is 0.107. The molecule has 1 N–H and O–H groups in total. The third-order valence-electron chi connectivity index (χ3n) is 0.997. The zero-order chi connectivity index (χ0) is 17.0. The minimum Gasteiger partial charge on any atom is -0.478 e. The van der Waals surface area contributed by atoms with Gasteiger partial charge in [-0.05, 0) is 27.7 Å². The molecule has 1 unspecified atom stereocenters. The first kappa shape index (κ1) is 27.2. The Bertz CT molecular complexity index is 200. The van der Waals surface area contributed by atoms with E-state index in [0.29, 0.717) is 0 Å². The summed E-state index contributed by atoms with van der Waals surface area (Å²) in [7, 11) is 1.42. The van der Waals surface area contributed by atoms with E-state index in [-0.39, 0.29) is 25.4 Å². The second-order valence-electron chi connectivity index (χ2n) is 2.52. The van der Waals surface area contributed by atoms with Crippen molar-refractivity contribution in [3.05, 3.63) is 39.5 Å². The summed E-state index contributed by atoms with van der Waals surface area (Å²) in [5.74, 6) is -1.02. The predicted molar refractivity (Wildman–Crippen MR) is 71.4 cm³/mol. The van der Waals surface area contributed by atoms with Crippen molar-refractivity contribution >= 4 is 5.97 Å². The zero-order valence-electron chi connectivity index (χ0n) is 12.0. The number of aliphatic carboxylic acids is 1. The average Bonchev–Trinajstić information content (AvgIpc) is 2.38. The standard InChI is InChI=1S/C7H11O4.3C2H4O/c1-5(7(8)9)4-11-6(2)10-3;3*1-2-3/h4,6H,2H2,1,3H3,(H,8,9);3*1-2H2. The largest absolute Gasteiger partial charge is 0.478 e. The van der Waals surface area contributed by atoms with Gasteiger partial charge >= 0.3 is 5.97 Å². The van der Waals surface area contributed by atoms with E-state index in [2.05, 4.69) is 32.4 Å². The monoisotopic (exact) mass is 291 g/mol. The van der Waals surface area contributed by atoms with Gasteiger partial charge in [0.15, 0.2) is 6.29 Å². The molecule has 0 bridgehead atoms. The summed E-state index contributed by atoms with van der Waals surface area (Å²) in [4.78, 5) is 10.2. The molecule has 117 valence electrons. The average molecular weight is 291 g/mol. The molecule has 0 aromatic carbocycles. The van der Waals surface area contributed by atoms with Gasteiger partial charge in [-0.15, -0.1) is 0 Å². The lowest BCUT2D eigenvalue weighted by molar-refractivity contribution is -0.133. The molecular weight excluding hydrogens is 268 g/mol. The maximum atomic E-state index is 10.2. The van der Waals surface area contributed by atoms with Gasteiger partial charge < -0.3 is 14.6 Å². The Kier molecular flexibility index (Phi) is 36.0. The lowest BCUT2D eigenvalue weighted by atomic mass is 10.3. The van der Waals surface area contributed by atoms with Crippen LogP contribution in [-0.2, 0) is 29.6 Å². The molecular formula is C13H23O7. The van der Waals surface area contributed by atoms with E-state index in [9.17, 15) is 4.79 Å². The summed E-state index contributed by atoms with van der Waals surface area (Å²) in [6.45, 7) is 12.9. The maximum absolute atomic E-state index is 10.2. The van der Waals surface area contributed by atoms with Crippen LogP contribution in [0.2, 0.25) is 0 Å². The van der Waals surface area contributed by atoms with E-state index < -0.39 is 12.3 Å². The Balaban J connectivity index is -0.000000117. The summed E-state index contributed by atoms with van der Waals surface area (Å²) in [6, 6.07) is 0. The van der Waals surface area contributed by atoms with E-state index in [1.54, 1.807) is 0 Å². The van der Waals surface area contributed by atoms with Crippen LogP contribution in [0.4, 0.5) is 0 Å². The highest BCUT2D eigenvalue weighted by atomic mass is 16.7. The number of methoxy groups -OCH3 is 1. The third kappa shape index (κ3) is 43.6. The number of rotatable bonds is 4. The van der Waals surface area contributed by atoms with Crippen molar-refractivity contribution in [3.8, 4) is 0 Å². The van der Waals surface area contributed by atoms with Crippen molar-refractivity contribution in [1.29, 1.82) is 0 Å². The summed E-state index contributed by atoms with van der Waals surface area (Å²) in [6.07, 6.45) is 0.438. The lowest BCUT2D eigenvalue weighted by Gasteiger charge is -2.07. The highest BCUT2D eigenvalue weighted by Crippen LogP contribution is 1.96. The van der Waals surface area contributed by atoms with Crippen molar-refractivity contribution in [2.45, 2.75) is 13.2 Å². The summed E-state index contributed by atoms with van der Waals surface area (Å²) < 4.78 is 9.35. The number of carboxylic acids is 1. The molecule has 0 aliphatic carbocycles. The van der Waals surface area contributed by atoms with Gasteiger partial charge in [0, 0.05) is 14.0 Å².